The van der Waals surface area contributed by atoms with E-state index in [0.29, 0.717) is 24.8 Å². The molecular formula is C14H16N2O3. The summed E-state index contributed by atoms with van der Waals surface area (Å²) >= 11 is 0. The molecule has 0 saturated carbocycles. The first kappa shape index (κ1) is 13.3. The fourth-order valence-corrected chi connectivity index (χ4v) is 2.18. The Labute approximate surface area is 111 Å². The maximum Gasteiger partial charge on any atom is 0.278 e. The van der Waals surface area contributed by atoms with E-state index in [2.05, 4.69) is 0 Å². The van der Waals surface area contributed by atoms with Crippen LogP contribution in [0.2, 0.25) is 0 Å². The number of carbonyl (C=O) groups is 1. The van der Waals surface area contributed by atoms with Gasteiger partial charge in [-0.1, -0.05) is 13.0 Å². The molecule has 1 aromatic carbocycles. The van der Waals surface area contributed by atoms with Crippen molar-refractivity contribution >= 4 is 22.4 Å². The highest BCUT2D eigenvalue weighted by Gasteiger charge is 2.13. The van der Waals surface area contributed by atoms with Crippen LogP contribution in [0.25, 0.3) is 10.9 Å². The lowest BCUT2D eigenvalue weighted by Crippen LogP contribution is -2.01. The zero-order valence-electron chi connectivity index (χ0n) is 10.8. The van der Waals surface area contributed by atoms with Crippen LogP contribution < -0.4 is 0 Å². The number of non-ortho nitro benzene ring substituents is 1. The Morgan fingerprint density at radius 3 is 2.84 bits per heavy atom. The van der Waals surface area contributed by atoms with E-state index in [1.807, 2.05) is 23.8 Å². The first-order valence-electron chi connectivity index (χ1n) is 6.37. The van der Waals surface area contributed by atoms with Crippen LogP contribution in [0.3, 0.4) is 0 Å². The zero-order chi connectivity index (χ0) is 13.8. The van der Waals surface area contributed by atoms with Gasteiger partial charge < -0.3 is 4.57 Å². The summed E-state index contributed by atoms with van der Waals surface area (Å²) in [5.41, 5.74) is 0.971. The summed E-state index contributed by atoms with van der Waals surface area (Å²) in [6.07, 6.45) is 3.73. The molecule has 1 aromatic heterocycles. The lowest BCUT2D eigenvalue weighted by atomic mass is 10.2. The van der Waals surface area contributed by atoms with E-state index in [-0.39, 0.29) is 16.4 Å². The van der Waals surface area contributed by atoms with Crippen molar-refractivity contribution < 1.29 is 9.72 Å². The normalized spacial score (nSPS) is 10.8. The smallest absolute Gasteiger partial charge is 0.278 e. The average Bonchev–Trinajstić information content (AvgIpc) is 2.81. The minimum atomic E-state index is -0.368. The van der Waals surface area contributed by atoms with E-state index in [9.17, 15) is 14.9 Å². The Kier molecular flexibility index (Phi) is 3.94. The molecule has 0 aliphatic heterocycles. The van der Waals surface area contributed by atoms with Gasteiger partial charge in [0.15, 0.2) is 0 Å². The fourth-order valence-electron chi connectivity index (χ4n) is 2.18. The van der Waals surface area contributed by atoms with Crippen LogP contribution in [-0.2, 0) is 11.3 Å². The van der Waals surface area contributed by atoms with Gasteiger partial charge in [-0.15, -0.1) is 0 Å². The molecule has 0 radical (unpaired) electrons. The third-order valence-electron chi connectivity index (χ3n) is 3.24. The molecule has 2 rings (SSSR count). The van der Waals surface area contributed by atoms with Crippen molar-refractivity contribution in [2.45, 2.75) is 32.7 Å². The molecular weight excluding hydrogens is 244 g/mol. The van der Waals surface area contributed by atoms with Gasteiger partial charge in [0.25, 0.3) is 5.69 Å². The predicted molar refractivity (Wildman–Crippen MR) is 73.1 cm³/mol. The average molecular weight is 260 g/mol. The number of nitrogens with zero attached hydrogens (tertiary/aromatic N) is 2. The number of nitro benzene ring substituents is 1. The number of nitro groups is 1. The Hall–Kier alpha value is -2.17. The van der Waals surface area contributed by atoms with E-state index in [1.54, 1.807) is 12.1 Å². The van der Waals surface area contributed by atoms with Crippen molar-refractivity contribution in [1.29, 1.82) is 0 Å². The topological polar surface area (TPSA) is 65.1 Å². The lowest BCUT2D eigenvalue weighted by Gasteiger charge is -2.04. The van der Waals surface area contributed by atoms with Crippen LogP contribution in [0.1, 0.15) is 26.2 Å². The van der Waals surface area contributed by atoms with Gasteiger partial charge in [-0.25, -0.2) is 0 Å². The van der Waals surface area contributed by atoms with Crippen molar-refractivity contribution in [2.24, 2.45) is 0 Å². The van der Waals surface area contributed by atoms with Gasteiger partial charge in [0, 0.05) is 31.6 Å². The first-order chi connectivity index (χ1) is 9.13. The Morgan fingerprint density at radius 2 is 2.16 bits per heavy atom. The van der Waals surface area contributed by atoms with Gasteiger partial charge in [0.2, 0.25) is 0 Å². The predicted octanol–water partition coefficient (Wildman–Crippen LogP) is 3.31. The maximum atomic E-state index is 11.2. The number of fused-ring (bicyclic) bond motifs is 1. The molecule has 0 bridgehead atoms. The summed E-state index contributed by atoms with van der Waals surface area (Å²) < 4.78 is 1.96. The molecule has 0 aliphatic carbocycles. The number of ketones is 1. The van der Waals surface area contributed by atoms with Crippen LogP contribution in [0, 0.1) is 10.1 Å². The summed E-state index contributed by atoms with van der Waals surface area (Å²) in [4.78, 5) is 21.8. The van der Waals surface area contributed by atoms with Crippen LogP contribution in [0.15, 0.2) is 30.5 Å². The zero-order valence-corrected chi connectivity index (χ0v) is 10.8. The summed E-state index contributed by atoms with van der Waals surface area (Å²) in [5, 5.41) is 11.6. The quantitative estimate of drug-likeness (QED) is 0.591. The molecule has 100 valence electrons. The van der Waals surface area contributed by atoms with Crippen LogP contribution in [0.4, 0.5) is 5.69 Å². The molecule has 0 saturated heterocycles. The summed E-state index contributed by atoms with van der Waals surface area (Å²) in [7, 11) is 0. The molecule has 0 amide bonds. The second-order valence-corrected chi connectivity index (χ2v) is 4.47. The molecule has 0 atom stereocenters. The van der Waals surface area contributed by atoms with E-state index in [4.69, 9.17) is 0 Å². The maximum absolute atomic E-state index is 11.2. The molecule has 5 nitrogen and oxygen atoms in total. The lowest BCUT2D eigenvalue weighted by molar-refractivity contribution is -0.383. The second-order valence-electron chi connectivity index (χ2n) is 4.47. The van der Waals surface area contributed by atoms with Gasteiger partial charge >= 0.3 is 0 Å². The van der Waals surface area contributed by atoms with E-state index in [1.165, 1.54) is 6.07 Å². The number of Topliss-reactive ketones (excluding diaryl/α,β-unsaturated/α-hetero) is 1. The standard InChI is InChI=1S/C14H16N2O3/c1-2-11(17)5-4-9-15-10-8-12-13(15)6-3-7-14(12)16(18)19/h3,6-8,10H,2,4-5,9H2,1H3. The molecule has 0 aliphatic rings. The number of hydrogen-bond acceptors (Lipinski definition) is 3. The second kappa shape index (κ2) is 5.65. The van der Waals surface area contributed by atoms with Crippen molar-refractivity contribution in [3.05, 3.63) is 40.6 Å². The summed E-state index contributed by atoms with van der Waals surface area (Å²) in [6.45, 7) is 2.56. The van der Waals surface area contributed by atoms with Gasteiger partial charge in [-0.05, 0) is 18.6 Å². The molecule has 19 heavy (non-hydrogen) atoms. The van der Waals surface area contributed by atoms with Crippen molar-refractivity contribution in [2.75, 3.05) is 0 Å². The van der Waals surface area contributed by atoms with E-state index in [0.717, 1.165) is 11.9 Å². The number of benzene rings is 1. The van der Waals surface area contributed by atoms with Crippen LogP contribution in [0.5, 0.6) is 0 Å². The van der Waals surface area contributed by atoms with E-state index < -0.39 is 0 Å². The van der Waals surface area contributed by atoms with E-state index >= 15 is 0 Å². The number of carbonyl (C=O) groups excluding carboxylic acids is 1. The minimum Gasteiger partial charge on any atom is -0.347 e. The summed E-state index contributed by atoms with van der Waals surface area (Å²) in [6, 6.07) is 6.82. The van der Waals surface area contributed by atoms with Gasteiger partial charge in [0.05, 0.1) is 15.8 Å². The molecule has 1 heterocycles. The molecule has 0 N–H and O–H groups in total. The molecule has 0 fully saturated rings. The first-order valence-corrected chi connectivity index (χ1v) is 6.37. The third-order valence-corrected chi connectivity index (χ3v) is 3.24. The van der Waals surface area contributed by atoms with Gasteiger partial charge in [-0.3, -0.25) is 14.9 Å². The molecule has 5 heteroatoms. The van der Waals surface area contributed by atoms with Gasteiger partial charge in [-0.2, -0.15) is 0 Å². The van der Waals surface area contributed by atoms with Crippen molar-refractivity contribution in [1.82, 2.24) is 4.57 Å². The van der Waals surface area contributed by atoms with Gasteiger partial charge in [0.1, 0.15) is 5.78 Å². The number of hydrogen-bond donors (Lipinski definition) is 0. The number of rotatable bonds is 6. The molecule has 0 spiro atoms. The highest BCUT2D eigenvalue weighted by molar-refractivity contribution is 5.89. The van der Waals surface area contributed by atoms with Crippen molar-refractivity contribution in [3.63, 3.8) is 0 Å². The fraction of sp³-hybridized carbons (Fsp3) is 0.357. The molecule has 2 aromatic rings. The number of aryl methyl sites for hydroxylation is 1. The monoisotopic (exact) mass is 260 g/mol. The summed E-state index contributed by atoms with van der Waals surface area (Å²) in [5.74, 6) is 0.252. The largest absolute Gasteiger partial charge is 0.347 e. The van der Waals surface area contributed by atoms with Crippen LogP contribution in [-0.4, -0.2) is 15.3 Å². The van der Waals surface area contributed by atoms with Crippen LogP contribution >= 0.6 is 0 Å². The Morgan fingerprint density at radius 1 is 1.37 bits per heavy atom. The Balaban J connectivity index is 2.19. The highest BCUT2D eigenvalue weighted by Crippen LogP contribution is 2.26. The Bertz CT molecular complexity index is 616. The SMILES string of the molecule is CCC(=O)CCCn1ccc2c([N+](=O)[O-])cccc21. The third kappa shape index (κ3) is 2.81. The highest BCUT2D eigenvalue weighted by atomic mass is 16.6. The minimum absolute atomic E-state index is 0.126. The van der Waals surface area contributed by atoms with Crippen molar-refractivity contribution in [3.8, 4) is 0 Å². The molecule has 0 unspecified atom stereocenters. The number of aromatic nitrogens is 1.